The Morgan fingerprint density at radius 1 is 1.04 bits per heavy atom. The van der Waals surface area contributed by atoms with Gasteiger partial charge in [-0.3, -0.25) is 9.69 Å². The zero-order chi connectivity index (χ0) is 18.7. The van der Waals surface area contributed by atoms with E-state index in [4.69, 9.17) is 4.74 Å². The molecule has 0 radical (unpaired) electrons. The predicted molar refractivity (Wildman–Crippen MR) is 100 cm³/mol. The maximum atomic E-state index is 13.8. The minimum atomic E-state index is -0.339. The SMILES string of the molecule is COc1ccc(CN2CCN(C(=O)c3ccc(C)c(C)c3)CC2)cc1F. The van der Waals surface area contributed by atoms with E-state index in [1.165, 1.54) is 18.7 Å². The fourth-order valence-electron chi connectivity index (χ4n) is 3.23. The highest BCUT2D eigenvalue weighted by Crippen LogP contribution is 2.19. The van der Waals surface area contributed by atoms with Crippen LogP contribution in [0.4, 0.5) is 4.39 Å². The summed E-state index contributed by atoms with van der Waals surface area (Å²) in [6.45, 7) is 7.68. The van der Waals surface area contributed by atoms with E-state index in [0.717, 1.165) is 29.8 Å². The third-order valence-corrected chi connectivity index (χ3v) is 5.04. The first-order valence-corrected chi connectivity index (χ1v) is 8.89. The molecular weight excluding hydrogens is 331 g/mol. The van der Waals surface area contributed by atoms with Crippen molar-refractivity contribution < 1.29 is 13.9 Å². The summed E-state index contributed by atoms with van der Waals surface area (Å²) >= 11 is 0. The van der Waals surface area contributed by atoms with E-state index >= 15 is 0 Å². The smallest absolute Gasteiger partial charge is 0.253 e. The van der Waals surface area contributed by atoms with E-state index in [0.29, 0.717) is 19.6 Å². The van der Waals surface area contributed by atoms with Crippen LogP contribution in [0.1, 0.15) is 27.0 Å². The first-order chi connectivity index (χ1) is 12.5. The van der Waals surface area contributed by atoms with Crippen LogP contribution in [0.25, 0.3) is 0 Å². The molecule has 0 N–H and O–H groups in total. The molecule has 138 valence electrons. The Kier molecular flexibility index (Phi) is 5.57. The normalized spacial score (nSPS) is 15.2. The Bertz CT molecular complexity index is 799. The lowest BCUT2D eigenvalue weighted by molar-refractivity contribution is 0.0628. The van der Waals surface area contributed by atoms with Crippen LogP contribution in [0.3, 0.4) is 0 Å². The molecule has 1 fully saturated rings. The van der Waals surface area contributed by atoms with Gasteiger partial charge in [0.2, 0.25) is 0 Å². The van der Waals surface area contributed by atoms with Crippen molar-refractivity contribution >= 4 is 5.91 Å². The second-order valence-corrected chi connectivity index (χ2v) is 6.84. The molecular formula is C21H25FN2O2. The van der Waals surface area contributed by atoms with Gasteiger partial charge in [-0.25, -0.2) is 4.39 Å². The minimum Gasteiger partial charge on any atom is -0.494 e. The number of amides is 1. The monoisotopic (exact) mass is 356 g/mol. The highest BCUT2D eigenvalue weighted by Gasteiger charge is 2.22. The number of carbonyl (C=O) groups excluding carboxylic acids is 1. The zero-order valence-corrected chi connectivity index (χ0v) is 15.6. The standard InChI is InChI=1S/C21H25FN2O2/c1-15-4-6-18(12-16(15)2)21(25)24-10-8-23(9-11-24)14-17-5-7-20(26-3)19(22)13-17/h4-7,12-13H,8-11,14H2,1-3H3. The quantitative estimate of drug-likeness (QED) is 0.842. The van der Waals surface area contributed by atoms with Crippen LogP contribution >= 0.6 is 0 Å². The van der Waals surface area contributed by atoms with Crippen molar-refractivity contribution in [2.24, 2.45) is 0 Å². The van der Waals surface area contributed by atoms with Gasteiger partial charge in [-0.05, 0) is 54.8 Å². The second-order valence-electron chi connectivity index (χ2n) is 6.84. The van der Waals surface area contributed by atoms with Gasteiger partial charge in [-0.15, -0.1) is 0 Å². The number of hydrogen-bond donors (Lipinski definition) is 0. The average molecular weight is 356 g/mol. The van der Waals surface area contributed by atoms with Gasteiger partial charge in [0, 0.05) is 38.3 Å². The number of rotatable bonds is 4. The third kappa shape index (κ3) is 4.05. The molecule has 0 saturated carbocycles. The number of hydrogen-bond acceptors (Lipinski definition) is 3. The first kappa shape index (κ1) is 18.4. The Hall–Kier alpha value is -2.40. The molecule has 2 aromatic carbocycles. The summed E-state index contributed by atoms with van der Waals surface area (Å²) in [5.74, 6) is 0.00866. The summed E-state index contributed by atoms with van der Waals surface area (Å²) in [4.78, 5) is 16.8. The molecule has 1 heterocycles. The van der Waals surface area contributed by atoms with E-state index in [1.807, 2.05) is 43.0 Å². The van der Waals surface area contributed by atoms with Crippen LogP contribution in [-0.2, 0) is 6.54 Å². The summed E-state index contributed by atoms with van der Waals surface area (Å²) in [6.07, 6.45) is 0. The summed E-state index contributed by atoms with van der Waals surface area (Å²) in [5.41, 5.74) is 3.99. The molecule has 2 aromatic rings. The number of ether oxygens (including phenoxy) is 1. The Labute approximate surface area is 154 Å². The van der Waals surface area contributed by atoms with Gasteiger partial charge in [-0.1, -0.05) is 12.1 Å². The number of piperazine rings is 1. The Balaban J connectivity index is 1.57. The molecule has 1 amide bonds. The number of halogens is 1. The fraction of sp³-hybridized carbons (Fsp3) is 0.381. The Morgan fingerprint density at radius 3 is 2.38 bits per heavy atom. The molecule has 1 aliphatic rings. The van der Waals surface area contributed by atoms with Gasteiger partial charge in [0.1, 0.15) is 0 Å². The first-order valence-electron chi connectivity index (χ1n) is 8.89. The topological polar surface area (TPSA) is 32.8 Å². The molecule has 0 bridgehead atoms. The Morgan fingerprint density at radius 2 is 1.77 bits per heavy atom. The lowest BCUT2D eigenvalue weighted by Crippen LogP contribution is -2.48. The van der Waals surface area contributed by atoms with Gasteiger partial charge < -0.3 is 9.64 Å². The largest absolute Gasteiger partial charge is 0.494 e. The zero-order valence-electron chi connectivity index (χ0n) is 15.6. The van der Waals surface area contributed by atoms with Crippen LogP contribution < -0.4 is 4.74 Å². The number of aryl methyl sites for hydroxylation is 2. The number of carbonyl (C=O) groups is 1. The van der Waals surface area contributed by atoms with Crippen LogP contribution in [0.15, 0.2) is 36.4 Å². The molecule has 4 nitrogen and oxygen atoms in total. The molecule has 1 saturated heterocycles. The number of methoxy groups -OCH3 is 1. The van der Waals surface area contributed by atoms with Crippen molar-refractivity contribution in [1.29, 1.82) is 0 Å². The highest BCUT2D eigenvalue weighted by atomic mass is 19.1. The van der Waals surface area contributed by atoms with Crippen LogP contribution in [0.2, 0.25) is 0 Å². The van der Waals surface area contributed by atoms with Crippen LogP contribution in [0, 0.1) is 19.7 Å². The number of nitrogens with zero attached hydrogens (tertiary/aromatic N) is 2. The maximum absolute atomic E-state index is 13.8. The average Bonchev–Trinajstić information content (AvgIpc) is 2.64. The van der Waals surface area contributed by atoms with Crippen LogP contribution in [0.5, 0.6) is 5.75 Å². The number of benzene rings is 2. The molecule has 0 atom stereocenters. The summed E-state index contributed by atoms with van der Waals surface area (Å²) < 4.78 is 18.8. The van der Waals surface area contributed by atoms with E-state index < -0.39 is 0 Å². The third-order valence-electron chi connectivity index (χ3n) is 5.04. The predicted octanol–water partition coefficient (Wildman–Crippen LogP) is 3.41. The van der Waals surface area contributed by atoms with Gasteiger partial charge in [-0.2, -0.15) is 0 Å². The van der Waals surface area contributed by atoms with E-state index in [2.05, 4.69) is 4.90 Å². The molecule has 0 unspecified atom stereocenters. The van der Waals surface area contributed by atoms with Crippen molar-refractivity contribution in [3.63, 3.8) is 0 Å². The van der Waals surface area contributed by atoms with E-state index in [9.17, 15) is 9.18 Å². The molecule has 0 aromatic heterocycles. The molecule has 0 aliphatic carbocycles. The van der Waals surface area contributed by atoms with Crippen molar-refractivity contribution in [3.8, 4) is 5.75 Å². The van der Waals surface area contributed by atoms with E-state index in [-0.39, 0.29) is 17.5 Å². The van der Waals surface area contributed by atoms with Gasteiger partial charge in [0.25, 0.3) is 5.91 Å². The van der Waals surface area contributed by atoms with Gasteiger partial charge >= 0.3 is 0 Å². The van der Waals surface area contributed by atoms with Gasteiger partial charge in [0.15, 0.2) is 11.6 Å². The van der Waals surface area contributed by atoms with Crippen molar-refractivity contribution in [1.82, 2.24) is 9.80 Å². The van der Waals surface area contributed by atoms with E-state index in [1.54, 1.807) is 6.07 Å². The fourth-order valence-corrected chi connectivity index (χ4v) is 3.23. The lowest BCUT2D eigenvalue weighted by atomic mass is 10.1. The molecule has 5 heteroatoms. The van der Waals surface area contributed by atoms with Crippen molar-refractivity contribution in [3.05, 3.63) is 64.5 Å². The minimum absolute atomic E-state index is 0.0863. The summed E-state index contributed by atoms with van der Waals surface area (Å²) in [7, 11) is 1.46. The molecule has 26 heavy (non-hydrogen) atoms. The maximum Gasteiger partial charge on any atom is 0.253 e. The van der Waals surface area contributed by atoms with Crippen molar-refractivity contribution in [2.45, 2.75) is 20.4 Å². The lowest BCUT2D eigenvalue weighted by Gasteiger charge is -2.35. The summed E-state index contributed by atoms with van der Waals surface area (Å²) in [5, 5.41) is 0. The second kappa shape index (κ2) is 7.87. The summed E-state index contributed by atoms with van der Waals surface area (Å²) in [6, 6.07) is 10.9. The van der Waals surface area contributed by atoms with Gasteiger partial charge in [0.05, 0.1) is 7.11 Å². The van der Waals surface area contributed by atoms with Crippen molar-refractivity contribution in [2.75, 3.05) is 33.3 Å². The molecule has 1 aliphatic heterocycles. The highest BCUT2D eigenvalue weighted by molar-refractivity contribution is 5.94. The van der Waals surface area contributed by atoms with Crippen LogP contribution in [-0.4, -0.2) is 49.0 Å². The molecule has 3 rings (SSSR count). The molecule has 0 spiro atoms.